The molecule has 0 radical (unpaired) electrons. The standard InChI is InChI=1S/C16H6F4N2S2/c17-7-3-1-4-8(18)11(7)13-21-15-16(23-13)22-14(24-15)12-9(19)5-2-6-10(12)20/h1-6H. The molecule has 4 aromatic rings. The van der Waals surface area contributed by atoms with Crippen molar-refractivity contribution in [2.45, 2.75) is 0 Å². The molecule has 120 valence electrons. The number of hydrogen-bond donors (Lipinski definition) is 0. The summed E-state index contributed by atoms with van der Waals surface area (Å²) in [6, 6.07) is 7.09. The Morgan fingerprint density at radius 1 is 0.583 bits per heavy atom. The average molecular weight is 366 g/mol. The number of hydrogen-bond acceptors (Lipinski definition) is 4. The van der Waals surface area contributed by atoms with Crippen LogP contribution in [0.1, 0.15) is 0 Å². The zero-order valence-electron chi connectivity index (χ0n) is 11.7. The predicted molar refractivity (Wildman–Crippen MR) is 86.0 cm³/mol. The maximum absolute atomic E-state index is 13.8. The number of fused-ring (bicyclic) bond motifs is 1. The lowest BCUT2D eigenvalue weighted by molar-refractivity contribution is 0.589. The van der Waals surface area contributed by atoms with Gasteiger partial charge in [0.25, 0.3) is 0 Å². The molecule has 8 heteroatoms. The van der Waals surface area contributed by atoms with Crippen molar-refractivity contribution in [1.82, 2.24) is 9.97 Å². The normalized spacial score (nSPS) is 11.3. The van der Waals surface area contributed by atoms with E-state index in [2.05, 4.69) is 9.97 Å². The van der Waals surface area contributed by atoms with Gasteiger partial charge in [0.1, 0.15) is 33.3 Å². The minimum atomic E-state index is -0.725. The summed E-state index contributed by atoms with van der Waals surface area (Å²) in [5, 5.41) is 0.278. The zero-order chi connectivity index (χ0) is 16.8. The lowest BCUT2D eigenvalue weighted by Crippen LogP contribution is -1.89. The summed E-state index contributed by atoms with van der Waals surface area (Å²) in [6.07, 6.45) is 0. The molecule has 0 amide bonds. The Labute approximate surface area is 141 Å². The summed E-state index contributed by atoms with van der Waals surface area (Å²) in [6.45, 7) is 0. The lowest BCUT2D eigenvalue weighted by Gasteiger charge is -2.00. The average Bonchev–Trinajstić information content (AvgIpc) is 3.05. The van der Waals surface area contributed by atoms with Gasteiger partial charge in [-0.05, 0) is 24.3 Å². The van der Waals surface area contributed by atoms with Gasteiger partial charge in [0.05, 0.1) is 11.1 Å². The predicted octanol–water partition coefficient (Wildman–Crippen LogP) is 5.64. The second kappa shape index (κ2) is 5.64. The summed E-state index contributed by atoms with van der Waals surface area (Å²) in [5.41, 5.74) is -0.461. The fourth-order valence-corrected chi connectivity index (χ4v) is 4.40. The van der Waals surface area contributed by atoms with Gasteiger partial charge in [0.15, 0.2) is 9.66 Å². The van der Waals surface area contributed by atoms with Crippen LogP contribution in [0, 0.1) is 23.3 Å². The first-order valence-electron chi connectivity index (χ1n) is 6.70. The maximum atomic E-state index is 13.8. The van der Waals surface area contributed by atoms with E-state index in [1.165, 1.54) is 12.1 Å². The highest BCUT2D eigenvalue weighted by atomic mass is 32.1. The molecule has 4 rings (SSSR count). The van der Waals surface area contributed by atoms with Gasteiger partial charge in [0, 0.05) is 0 Å². The first-order valence-corrected chi connectivity index (χ1v) is 8.34. The van der Waals surface area contributed by atoms with E-state index in [9.17, 15) is 17.6 Å². The van der Waals surface area contributed by atoms with Crippen LogP contribution in [0.2, 0.25) is 0 Å². The van der Waals surface area contributed by atoms with Gasteiger partial charge in [0.2, 0.25) is 0 Å². The first kappa shape index (κ1) is 15.2. The minimum Gasteiger partial charge on any atom is -0.223 e. The van der Waals surface area contributed by atoms with Gasteiger partial charge in [-0.3, -0.25) is 0 Å². The Morgan fingerprint density at radius 3 is 1.25 bits per heavy atom. The molecule has 0 fully saturated rings. The van der Waals surface area contributed by atoms with Crippen LogP contribution in [-0.4, -0.2) is 9.97 Å². The van der Waals surface area contributed by atoms with Crippen molar-refractivity contribution in [2.24, 2.45) is 0 Å². The van der Waals surface area contributed by atoms with E-state index in [0.29, 0.717) is 9.66 Å². The molecular weight excluding hydrogens is 360 g/mol. The molecule has 2 nitrogen and oxygen atoms in total. The van der Waals surface area contributed by atoms with Crippen molar-refractivity contribution in [1.29, 1.82) is 0 Å². The number of rotatable bonds is 2. The number of benzene rings is 2. The van der Waals surface area contributed by atoms with Crippen molar-refractivity contribution in [3.05, 3.63) is 59.7 Å². The van der Waals surface area contributed by atoms with Gasteiger partial charge < -0.3 is 0 Å². The second-order valence-corrected chi connectivity index (χ2v) is 6.80. The molecule has 0 bridgehead atoms. The van der Waals surface area contributed by atoms with Gasteiger partial charge in [-0.25, -0.2) is 27.5 Å². The van der Waals surface area contributed by atoms with Gasteiger partial charge >= 0.3 is 0 Å². The van der Waals surface area contributed by atoms with E-state index in [1.54, 1.807) is 0 Å². The molecule has 0 aliphatic heterocycles. The first-order chi connectivity index (χ1) is 11.5. The summed E-state index contributed by atoms with van der Waals surface area (Å²) in [4.78, 5) is 9.06. The Hall–Kier alpha value is -2.32. The van der Waals surface area contributed by atoms with Crippen LogP contribution in [-0.2, 0) is 0 Å². The quantitative estimate of drug-likeness (QED) is 0.429. The summed E-state index contributed by atoms with van der Waals surface area (Å²) in [5.74, 6) is -2.90. The Bertz CT molecular complexity index is 918. The molecule has 0 aliphatic rings. The van der Waals surface area contributed by atoms with Crippen molar-refractivity contribution in [2.75, 3.05) is 0 Å². The molecule has 2 heterocycles. The van der Waals surface area contributed by atoms with Gasteiger partial charge in [-0.15, -0.1) is 0 Å². The number of halogens is 4. The molecule has 0 atom stereocenters. The fourth-order valence-electron chi connectivity index (χ4n) is 2.26. The van der Waals surface area contributed by atoms with Crippen LogP contribution >= 0.6 is 22.7 Å². The van der Waals surface area contributed by atoms with Crippen LogP contribution in [0.25, 0.3) is 30.8 Å². The third kappa shape index (κ3) is 2.38. The molecule has 0 saturated heterocycles. The SMILES string of the molecule is Fc1cccc(F)c1-c1nc2sc(-c3c(F)cccc3F)nc2s1. The van der Waals surface area contributed by atoms with E-state index in [0.717, 1.165) is 46.9 Å². The van der Waals surface area contributed by atoms with Crippen LogP contribution in [0.15, 0.2) is 36.4 Å². The smallest absolute Gasteiger partial charge is 0.155 e. The summed E-state index contributed by atoms with van der Waals surface area (Å²) >= 11 is 1.94. The summed E-state index contributed by atoms with van der Waals surface area (Å²) < 4.78 is 55.3. The largest absolute Gasteiger partial charge is 0.223 e. The van der Waals surface area contributed by atoms with Crippen molar-refractivity contribution >= 4 is 32.3 Å². The van der Waals surface area contributed by atoms with E-state index < -0.39 is 23.3 Å². The molecule has 0 aliphatic carbocycles. The molecule has 0 saturated carbocycles. The molecule has 0 N–H and O–H groups in total. The molecule has 2 aromatic carbocycles. The van der Waals surface area contributed by atoms with Crippen molar-refractivity contribution in [3.63, 3.8) is 0 Å². The molecule has 0 spiro atoms. The highest BCUT2D eigenvalue weighted by Crippen LogP contribution is 2.39. The second-order valence-electron chi connectivity index (χ2n) is 4.84. The van der Waals surface area contributed by atoms with E-state index in [4.69, 9.17) is 0 Å². The maximum Gasteiger partial charge on any atom is 0.155 e. The Kier molecular flexibility index (Phi) is 3.58. The third-order valence-electron chi connectivity index (χ3n) is 3.33. The Morgan fingerprint density at radius 2 is 0.917 bits per heavy atom. The van der Waals surface area contributed by atoms with Gasteiger partial charge in [-0.1, -0.05) is 34.8 Å². The number of thiazole rings is 2. The minimum absolute atomic E-state index is 0.139. The number of nitrogens with zero attached hydrogens (tertiary/aromatic N) is 2. The molecule has 24 heavy (non-hydrogen) atoms. The summed E-state index contributed by atoms with van der Waals surface area (Å²) in [7, 11) is 0. The van der Waals surface area contributed by atoms with Crippen LogP contribution in [0.3, 0.4) is 0 Å². The molecule has 0 unspecified atom stereocenters. The Balaban J connectivity index is 1.85. The zero-order valence-corrected chi connectivity index (χ0v) is 13.3. The highest BCUT2D eigenvalue weighted by Gasteiger charge is 2.20. The topological polar surface area (TPSA) is 25.8 Å². The fraction of sp³-hybridized carbons (Fsp3) is 0. The van der Waals surface area contributed by atoms with Crippen LogP contribution in [0.5, 0.6) is 0 Å². The van der Waals surface area contributed by atoms with E-state index in [-0.39, 0.29) is 21.1 Å². The molecular formula is C16H6F4N2S2. The van der Waals surface area contributed by atoms with Gasteiger partial charge in [-0.2, -0.15) is 0 Å². The molecule has 2 aromatic heterocycles. The monoisotopic (exact) mass is 366 g/mol. The van der Waals surface area contributed by atoms with Crippen LogP contribution in [0.4, 0.5) is 17.6 Å². The van der Waals surface area contributed by atoms with E-state index in [1.807, 2.05) is 0 Å². The third-order valence-corrected chi connectivity index (χ3v) is 5.39. The number of aromatic nitrogens is 2. The van der Waals surface area contributed by atoms with Crippen molar-refractivity contribution < 1.29 is 17.6 Å². The van der Waals surface area contributed by atoms with E-state index >= 15 is 0 Å². The highest BCUT2D eigenvalue weighted by molar-refractivity contribution is 7.29. The van der Waals surface area contributed by atoms with Crippen molar-refractivity contribution in [3.8, 4) is 21.1 Å². The lowest BCUT2D eigenvalue weighted by atomic mass is 10.2. The van der Waals surface area contributed by atoms with Crippen LogP contribution < -0.4 is 0 Å².